The molecule has 5 heteroatoms. The Balaban J connectivity index is 2.09. The summed E-state index contributed by atoms with van der Waals surface area (Å²) in [6, 6.07) is 7.91. The molecule has 3 nitrogen and oxygen atoms in total. The van der Waals surface area contributed by atoms with Crippen molar-refractivity contribution in [2.24, 2.45) is 0 Å². The van der Waals surface area contributed by atoms with Crippen molar-refractivity contribution in [2.45, 2.75) is 6.61 Å². The summed E-state index contributed by atoms with van der Waals surface area (Å²) in [4.78, 5) is 3.94. The zero-order valence-corrected chi connectivity index (χ0v) is 10.8. The van der Waals surface area contributed by atoms with E-state index in [4.69, 9.17) is 10.00 Å². The van der Waals surface area contributed by atoms with Crippen molar-refractivity contribution < 1.29 is 9.13 Å². The maximum atomic E-state index is 13.6. The van der Waals surface area contributed by atoms with Crippen LogP contribution in [0.3, 0.4) is 0 Å². The maximum absolute atomic E-state index is 13.6. The van der Waals surface area contributed by atoms with Crippen LogP contribution in [0.2, 0.25) is 0 Å². The molecule has 1 aromatic heterocycles. The third kappa shape index (κ3) is 3.05. The van der Waals surface area contributed by atoms with Crippen molar-refractivity contribution in [3.63, 3.8) is 0 Å². The van der Waals surface area contributed by atoms with Gasteiger partial charge in [-0.3, -0.25) is 4.98 Å². The molecule has 0 aliphatic rings. The number of rotatable bonds is 3. The highest BCUT2D eigenvalue weighted by atomic mass is 79.9. The second-order valence-corrected chi connectivity index (χ2v) is 4.46. The minimum Gasteiger partial charge on any atom is -0.487 e. The molecular formula is C13H8BrFN2O. The minimum absolute atomic E-state index is 0.0929. The molecule has 18 heavy (non-hydrogen) atoms. The second-order valence-electron chi connectivity index (χ2n) is 3.55. The van der Waals surface area contributed by atoms with Crippen LogP contribution in [-0.4, -0.2) is 4.98 Å². The van der Waals surface area contributed by atoms with Crippen molar-refractivity contribution in [3.05, 3.63) is 58.1 Å². The Labute approximate surface area is 112 Å². The van der Waals surface area contributed by atoms with E-state index in [1.54, 1.807) is 30.6 Å². The third-order valence-electron chi connectivity index (χ3n) is 2.26. The van der Waals surface area contributed by atoms with Gasteiger partial charge in [-0.1, -0.05) is 6.07 Å². The molecule has 0 amide bonds. The molecule has 2 aromatic rings. The Bertz CT molecular complexity index is 610. The van der Waals surface area contributed by atoms with Crippen molar-refractivity contribution in [3.8, 4) is 11.8 Å². The maximum Gasteiger partial charge on any atom is 0.139 e. The molecule has 0 atom stereocenters. The Hall–Kier alpha value is -1.93. The lowest BCUT2D eigenvalue weighted by Gasteiger charge is -2.07. The Morgan fingerprint density at radius 3 is 2.83 bits per heavy atom. The summed E-state index contributed by atoms with van der Waals surface area (Å²) < 4.78 is 19.8. The van der Waals surface area contributed by atoms with Crippen LogP contribution >= 0.6 is 15.9 Å². The Morgan fingerprint density at radius 2 is 2.17 bits per heavy atom. The van der Waals surface area contributed by atoms with Crippen LogP contribution in [0.5, 0.6) is 5.75 Å². The number of nitrogens with zero attached hydrogens (tertiary/aromatic N) is 2. The van der Waals surface area contributed by atoms with Gasteiger partial charge in [0, 0.05) is 16.2 Å². The van der Waals surface area contributed by atoms with E-state index in [2.05, 4.69) is 20.9 Å². The van der Waals surface area contributed by atoms with Crippen LogP contribution < -0.4 is 4.74 Å². The first-order chi connectivity index (χ1) is 8.69. The summed E-state index contributed by atoms with van der Waals surface area (Å²) in [5.74, 6) is 0.102. The van der Waals surface area contributed by atoms with E-state index in [1.165, 1.54) is 6.07 Å². The standard InChI is InChI=1S/C13H8BrFN2O/c14-11-4-12(7-17-6-11)18-8-10-2-1-9(5-16)3-13(10)15/h1-4,6-7H,8H2. The van der Waals surface area contributed by atoms with Gasteiger partial charge in [0.2, 0.25) is 0 Å². The predicted molar refractivity (Wildman–Crippen MR) is 67.4 cm³/mol. The molecule has 1 heterocycles. The average molecular weight is 307 g/mol. The molecule has 90 valence electrons. The zero-order valence-electron chi connectivity index (χ0n) is 9.23. The van der Waals surface area contributed by atoms with E-state index in [0.717, 1.165) is 4.47 Å². The second kappa shape index (κ2) is 5.61. The van der Waals surface area contributed by atoms with E-state index >= 15 is 0 Å². The van der Waals surface area contributed by atoms with Gasteiger partial charge in [-0.2, -0.15) is 5.26 Å². The number of ether oxygens (including phenoxy) is 1. The molecule has 1 aromatic carbocycles. The SMILES string of the molecule is N#Cc1ccc(COc2cncc(Br)c2)c(F)c1. The van der Waals surface area contributed by atoms with Crippen molar-refractivity contribution in [2.75, 3.05) is 0 Å². The Kier molecular flexibility index (Phi) is 3.90. The quantitative estimate of drug-likeness (QED) is 0.872. The van der Waals surface area contributed by atoms with Crippen LogP contribution in [0.1, 0.15) is 11.1 Å². The first-order valence-corrected chi connectivity index (χ1v) is 5.90. The lowest BCUT2D eigenvalue weighted by molar-refractivity contribution is 0.298. The number of aromatic nitrogens is 1. The van der Waals surface area contributed by atoms with Gasteiger partial charge < -0.3 is 4.74 Å². The summed E-state index contributed by atoms with van der Waals surface area (Å²) in [6.07, 6.45) is 3.18. The monoisotopic (exact) mass is 306 g/mol. The number of hydrogen-bond acceptors (Lipinski definition) is 3. The van der Waals surface area contributed by atoms with E-state index in [0.29, 0.717) is 16.9 Å². The van der Waals surface area contributed by atoms with Crippen LogP contribution in [0, 0.1) is 17.1 Å². The highest BCUT2D eigenvalue weighted by molar-refractivity contribution is 9.10. The van der Waals surface area contributed by atoms with E-state index in [9.17, 15) is 4.39 Å². The third-order valence-corrected chi connectivity index (χ3v) is 2.69. The number of nitriles is 1. The molecule has 0 saturated heterocycles. The fourth-order valence-corrected chi connectivity index (χ4v) is 1.71. The molecule has 0 fully saturated rings. The molecule has 0 aliphatic heterocycles. The Morgan fingerprint density at radius 1 is 1.33 bits per heavy atom. The smallest absolute Gasteiger partial charge is 0.139 e. The predicted octanol–water partition coefficient (Wildman–Crippen LogP) is 3.43. The van der Waals surface area contributed by atoms with Gasteiger partial charge in [-0.25, -0.2) is 4.39 Å². The van der Waals surface area contributed by atoms with Crippen molar-refractivity contribution >= 4 is 15.9 Å². The van der Waals surface area contributed by atoms with Crippen LogP contribution in [0.15, 0.2) is 41.1 Å². The highest BCUT2D eigenvalue weighted by Crippen LogP contribution is 2.18. The lowest BCUT2D eigenvalue weighted by Crippen LogP contribution is -1.99. The lowest BCUT2D eigenvalue weighted by atomic mass is 10.1. The van der Waals surface area contributed by atoms with E-state index < -0.39 is 5.82 Å². The van der Waals surface area contributed by atoms with Gasteiger partial charge in [0.1, 0.15) is 18.2 Å². The molecule has 0 radical (unpaired) electrons. The van der Waals surface area contributed by atoms with E-state index in [-0.39, 0.29) is 6.61 Å². The van der Waals surface area contributed by atoms with E-state index in [1.807, 2.05) is 6.07 Å². The molecule has 0 spiro atoms. The summed E-state index contributed by atoms with van der Waals surface area (Å²) >= 11 is 3.27. The molecule has 0 saturated carbocycles. The fourth-order valence-electron chi connectivity index (χ4n) is 1.37. The number of halogens is 2. The van der Waals surface area contributed by atoms with Gasteiger partial charge in [0.05, 0.1) is 17.8 Å². The number of benzene rings is 1. The first kappa shape index (κ1) is 12.5. The first-order valence-electron chi connectivity index (χ1n) is 5.11. The molecule has 2 rings (SSSR count). The number of hydrogen-bond donors (Lipinski definition) is 0. The van der Waals surface area contributed by atoms with Crippen LogP contribution in [-0.2, 0) is 6.61 Å². The molecule has 0 N–H and O–H groups in total. The zero-order chi connectivity index (χ0) is 13.0. The summed E-state index contributed by atoms with van der Waals surface area (Å²) in [6.45, 7) is 0.0929. The van der Waals surface area contributed by atoms with Crippen molar-refractivity contribution in [1.29, 1.82) is 5.26 Å². The summed E-state index contributed by atoms with van der Waals surface area (Å²) in [5, 5.41) is 8.63. The van der Waals surface area contributed by atoms with Gasteiger partial charge >= 0.3 is 0 Å². The average Bonchev–Trinajstić information content (AvgIpc) is 2.37. The summed E-state index contributed by atoms with van der Waals surface area (Å²) in [7, 11) is 0. The van der Waals surface area contributed by atoms with Gasteiger partial charge in [0.15, 0.2) is 0 Å². The normalized spacial score (nSPS) is 9.83. The minimum atomic E-state index is -0.447. The van der Waals surface area contributed by atoms with Gasteiger partial charge in [-0.05, 0) is 34.1 Å². The highest BCUT2D eigenvalue weighted by Gasteiger charge is 2.05. The molecule has 0 bridgehead atoms. The molecular weight excluding hydrogens is 299 g/mol. The largest absolute Gasteiger partial charge is 0.487 e. The van der Waals surface area contributed by atoms with Crippen LogP contribution in [0.4, 0.5) is 4.39 Å². The van der Waals surface area contributed by atoms with Crippen molar-refractivity contribution in [1.82, 2.24) is 4.98 Å². The number of pyridine rings is 1. The fraction of sp³-hybridized carbons (Fsp3) is 0.0769. The van der Waals surface area contributed by atoms with Gasteiger partial charge in [-0.15, -0.1) is 0 Å². The molecule has 0 aliphatic carbocycles. The summed E-state index contributed by atoms with van der Waals surface area (Å²) in [5.41, 5.74) is 0.689. The van der Waals surface area contributed by atoms with Crippen LogP contribution in [0.25, 0.3) is 0 Å². The molecule has 0 unspecified atom stereocenters. The van der Waals surface area contributed by atoms with Gasteiger partial charge in [0.25, 0.3) is 0 Å². The topological polar surface area (TPSA) is 45.9 Å².